The van der Waals surface area contributed by atoms with E-state index in [9.17, 15) is 19.5 Å². The number of nitrogens with zero attached hydrogens (tertiary/aromatic N) is 1. The lowest BCUT2D eigenvalue weighted by Crippen LogP contribution is -2.43. The molecule has 1 saturated carbocycles. The maximum atomic E-state index is 13.6. The first-order valence-corrected chi connectivity index (χ1v) is 11.3. The van der Waals surface area contributed by atoms with E-state index in [1.54, 1.807) is 56.4 Å². The smallest absolute Gasteiger partial charge is 0.307 e. The highest BCUT2D eigenvalue weighted by Crippen LogP contribution is 2.45. The number of anilines is 2. The number of nitrogens with one attached hydrogen (secondary N) is 2. The summed E-state index contributed by atoms with van der Waals surface area (Å²) in [7, 11) is 1.70. The molecule has 0 radical (unpaired) electrons. The molecule has 0 heterocycles. The van der Waals surface area contributed by atoms with Crippen LogP contribution in [0, 0.1) is 22.7 Å². The van der Waals surface area contributed by atoms with E-state index >= 15 is 0 Å². The molecule has 178 valence electrons. The van der Waals surface area contributed by atoms with Gasteiger partial charge in [-0.25, -0.2) is 0 Å². The van der Waals surface area contributed by atoms with E-state index < -0.39 is 23.2 Å². The maximum absolute atomic E-state index is 13.6. The van der Waals surface area contributed by atoms with Gasteiger partial charge in [0, 0.05) is 18.0 Å². The van der Waals surface area contributed by atoms with Gasteiger partial charge in [-0.15, -0.1) is 0 Å². The van der Waals surface area contributed by atoms with E-state index in [1.807, 2.05) is 6.07 Å². The van der Waals surface area contributed by atoms with Gasteiger partial charge in [0.25, 0.3) is 5.91 Å². The zero-order chi connectivity index (χ0) is 24.7. The predicted octanol–water partition coefficient (Wildman–Crippen LogP) is 4.47. The number of hydrogen-bond acceptors (Lipinski definition) is 6. The highest BCUT2D eigenvalue weighted by Gasteiger charge is 2.47. The lowest BCUT2D eigenvalue weighted by atomic mass is 9.62. The number of carboxylic acids is 1. The third kappa shape index (κ3) is 5.37. The summed E-state index contributed by atoms with van der Waals surface area (Å²) in [5, 5.41) is 24.3. The molecule has 1 aliphatic rings. The Kier molecular flexibility index (Phi) is 7.90. The van der Waals surface area contributed by atoms with Crippen LogP contribution in [0.25, 0.3) is 0 Å². The number of ether oxygens (including phenoxy) is 1. The third-order valence-electron chi connectivity index (χ3n) is 6.58. The number of benzene rings is 2. The molecule has 3 rings (SSSR count). The minimum absolute atomic E-state index is 0.200. The second-order valence-corrected chi connectivity index (χ2v) is 8.59. The zero-order valence-electron chi connectivity index (χ0n) is 19.4. The van der Waals surface area contributed by atoms with Crippen molar-refractivity contribution in [1.29, 1.82) is 5.26 Å². The Hall–Kier alpha value is -3.86. The Labute approximate surface area is 198 Å². The molecule has 0 aromatic heterocycles. The van der Waals surface area contributed by atoms with Gasteiger partial charge in [-0.05, 0) is 55.3 Å². The summed E-state index contributed by atoms with van der Waals surface area (Å²) in [5.41, 5.74) is 0.941. The Morgan fingerprint density at radius 1 is 1.09 bits per heavy atom. The number of aliphatic carboxylic acids is 1. The number of carbonyl (C=O) groups is 3. The summed E-state index contributed by atoms with van der Waals surface area (Å²) < 4.78 is 5.49. The molecule has 0 aliphatic heterocycles. The summed E-state index contributed by atoms with van der Waals surface area (Å²) in [4.78, 5) is 38.0. The molecule has 1 unspecified atom stereocenters. The maximum Gasteiger partial charge on any atom is 0.307 e. The van der Waals surface area contributed by atoms with E-state index in [0.717, 1.165) is 19.3 Å². The van der Waals surface area contributed by atoms with Crippen molar-refractivity contribution in [3.63, 3.8) is 0 Å². The normalized spacial score (nSPS) is 15.4. The standard InChI is InChI=1S/C26H29N3O5/c1-17(25(32)33)26(12-4-3-5-13-26)24(31)19-8-11-21(28-2)22(14-19)29-23(30)16-34-20-9-6-18(15-27)7-10-20/h6-11,14,17,28H,3-5,12-13,16H2,1-2H3,(H,29,30)(H,32,33). The van der Waals surface area contributed by atoms with Gasteiger partial charge in [0.05, 0.1) is 28.9 Å². The van der Waals surface area contributed by atoms with E-state index in [1.165, 1.54) is 0 Å². The lowest BCUT2D eigenvalue weighted by Gasteiger charge is -2.39. The molecule has 0 saturated heterocycles. The summed E-state index contributed by atoms with van der Waals surface area (Å²) in [5.74, 6) is -1.95. The van der Waals surface area contributed by atoms with Gasteiger partial charge in [0.1, 0.15) is 5.75 Å². The van der Waals surface area contributed by atoms with Gasteiger partial charge in [-0.2, -0.15) is 5.26 Å². The fraction of sp³-hybridized carbons (Fsp3) is 0.385. The monoisotopic (exact) mass is 463 g/mol. The van der Waals surface area contributed by atoms with Crippen molar-refractivity contribution in [3.8, 4) is 11.8 Å². The summed E-state index contributed by atoms with van der Waals surface area (Å²) >= 11 is 0. The van der Waals surface area contributed by atoms with Crippen LogP contribution in [0.1, 0.15) is 54.9 Å². The molecule has 34 heavy (non-hydrogen) atoms. The topological polar surface area (TPSA) is 129 Å². The fourth-order valence-corrected chi connectivity index (χ4v) is 4.53. The summed E-state index contributed by atoms with van der Waals surface area (Å²) in [6, 6.07) is 13.4. The Morgan fingerprint density at radius 3 is 2.35 bits per heavy atom. The number of rotatable bonds is 9. The first-order chi connectivity index (χ1) is 16.3. The van der Waals surface area contributed by atoms with Crippen LogP contribution in [0.4, 0.5) is 11.4 Å². The van der Waals surface area contributed by atoms with E-state index in [2.05, 4.69) is 10.6 Å². The molecule has 1 aliphatic carbocycles. The number of carbonyl (C=O) groups excluding carboxylic acids is 2. The second-order valence-electron chi connectivity index (χ2n) is 8.59. The van der Waals surface area contributed by atoms with Crippen LogP contribution in [0.2, 0.25) is 0 Å². The molecule has 0 bridgehead atoms. The first kappa shape index (κ1) is 24.8. The predicted molar refractivity (Wildman–Crippen MR) is 128 cm³/mol. The van der Waals surface area contributed by atoms with Crippen molar-refractivity contribution < 1.29 is 24.2 Å². The number of amides is 1. The second kappa shape index (κ2) is 10.8. The summed E-state index contributed by atoms with van der Waals surface area (Å²) in [6.45, 7) is 1.35. The Bertz CT molecular complexity index is 1100. The Balaban J connectivity index is 1.79. The third-order valence-corrected chi connectivity index (χ3v) is 6.58. The Morgan fingerprint density at radius 2 is 1.76 bits per heavy atom. The largest absolute Gasteiger partial charge is 0.484 e. The van der Waals surface area contributed by atoms with E-state index in [0.29, 0.717) is 41.1 Å². The number of Topliss-reactive ketones (excluding diaryl/α,β-unsaturated/α-hetero) is 1. The molecular weight excluding hydrogens is 434 g/mol. The SMILES string of the molecule is CNc1ccc(C(=O)C2(C(C)C(=O)O)CCCCC2)cc1NC(=O)COc1ccc(C#N)cc1. The molecular formula is C26H29N3O5. The van der Waals surface area contributed by atoms with Crippen molar-refractivity contribution >= 4 is 29.0 Å². The molecule has 1 fully saturated rings. The highest BCUT2D eigenvalue weighted by atomic mass is 16.5. The lowest BCUT2D eigenvalue weighted by molar-refractivity contribution is -0.145. The molecule has 0 spiro atoms. The van der Waals surface area contributed by atoms with E-state index in [4.69, 9.17) is 10.00 Å². The highest BCUT2D eigenvalue weighted by molar-refractivity contribution is 6.05. The number of hydrogen-bond donors (Lipinski definition) is 3. The summed E-state index contributed by atoms with van der Waals surface area (Å²) in [6.07, 6.45) is 3.68. The van der Waals surface area contributed by atoms with Crippen molar-refractivity contribution in [1.82, 2.24) is 0 Å². The fourth-order valence-electron chi connectivity index (χ4n) is 4.53. The molecule has 8 heteroatoms. The first-order valence-electron chi connectivity index (χ1n) is 11.3. The average Bonchev–Trinajstić information content (AvgIpc) is 2.87. The molecule has 2 aromatic carbocycles. The van der Waals surface area contributed by atoms with Gasteiger partial charge in [0.2, 0.25) is 0 Å². The van der Waals surface area contributed by atoms with Crippen molar-refractivity contribution in [2.75, 3.05) is 24.3 Å². The zero-order valence-corrected chi connectivity index (χ0v) is 19.4. The molecule has 1 amide bonds. The van der Waals surface area contributed by atoms with Crippen LogP contribution < -0.4 is 15.4 Å². The van der Waals surface area contributed by atoms with E-state index in [-0.39, 0.29) is 12.4 Å². The van der Waals surface area contributed by atoms with Gasteiger partial charge in [0.15, 0.2) is 12.4 Å². The number of nitriles is 1. The van der Waals surface area contributed by atoms with Gasteiger partial charge in [-0.1, -0.05) is 26.2 Å². The molecule has 1 atom stereocenters. The van der Waals surface area contributed by atoms with Gasteiger partial charge in [-0.3, -0.25) is 14.4 Å². The van der Waals surface area contributed by atoms with Crippen LogP contribution in [0.3, 0.4) is 0 Å². The van der Waals surface area contributed by atoms with Crippen LogP contribution in [0.5, 0.6) is 5.75 Å². The number of ketones is 1. The minimum atomic E-state index is -0.976. The van der Waals surface area contributed by atoms with Crippen LogP contribution >= 0.6 is 0 Å². The van der Waals surface area contributed by atoms with Crippen LogP contribution in [0.15, 0.2) is 42.5 Å². The quantitative estimate of drug-likeness (QED) is 0.468. The van der Waals surface area contributed by atoms with Crippen LogP contribution in [-0.4, -0.2) is 36.4 Å². The molecule has 8 nitrogen and oxygen atoms in total. The van der Waals surface area contributed by atoms with Gasteiger partial charge >= 0.3 is 5.97 Å². The van der Waals surface area contributed by atoms with Crippen molar-refractivity contribution in [2.45, 2.75) is 39.0 Å². The average molecular weight is 464 g/mol. The number of carboxylic acid groups (broad SMARTS) is 1. The molecule has 2 aromatic rings. The minimum Gasteiger partial charge on any atom is -0.484 e. The van der Waals surface area contributed by atoms with Gasteiger partial charge < -0.3 is 20.5 Å². The van der Waals surface area contributed by atoms with Crippen molar-refractivity contribution in [2.24, 2.45) is 11.3 Å². The van der Waals surface area contributed by atoms with Crippen molar-refractivity contribution in [3.05, 3.63) is 53.6 Å². The molecule has 3 N–H and O–H groups in total. The van der Waals surface area contributed by atoms with Crippen LogP contribution in [-0.2, 0) is 9.59 Å².